The minimum absolute atomic E-state index is 0.309. The van der Waals surface area contributed by atoms with E-state index in [2.05, 4.69) is 15.4 Å². The molecule has 2 heterocycles. The summed E-state index contributed by atoms with van der Waals surface area (Å²) in [5.74, 6) is -0.131. The number of fused-ring (bicyclic) bond motifs is 1. The van der Waals surface area contributed by atoms with Crippen molar-refractivity contribution in [1.82, 2.24) is 20.2 Å². The van der Waals surface area contributed by atoms with E-state index >= 15 is 0 Å². The molecule has 112 valence electrons. The van der Waals surface area contributed by atoms with Gasteiger partial charge in [0.2, 0.25) is 5.82 Å². The van der Waals surface area contributed by atoms with E-state index in [9.17, 15) is 9.59 Å². The number of tetrazole rings is 1. The smallest absolute Gasteiger partial charge is 0.266 e. The Kier molecular flexibility index (Phi) is 2.80. The highest BCUT2D eigenvalue weighted by atomic mass is 16.2. The fourth-order valence-electron chi connectivity index (χ4n) is 2.58. The number of carbonyl (C=O) groups is 2. The number of benzene rings is 2. The van der Waals surface area contributed by atoms with Gasteiger partial charge in [0.15, 0.2) is 0 Å². The number of aromatic nitrogens is 4. The van der Waals surface area contributed by atoms with E-state index in [4.69, 9.17) is 0 Å². The molecule has 0 N–H and O–H groups in total. The second-order valence-electron chi connectivity index (χ2n) is 5.14. The third-order valence-corrected chi connectivity index (χ3v) is 3.69. The molecule has 7 heteroatoms. The van der Waals surface area contributed by atoms with Gasteiger partial charge in [0, 0.05) is 5.56 Å². The molecule has 1 aromatic heterocycles. The van der Waals surface area contributed by atoms with Gasteiger partial charge >= 0.3 is 0 Å². The summed E-state index contributed by atoms with van der Waals surface area (Å²) in [5, 5.41) is 11.8. The van der Waals surface area contributed by atoms with Gasteiger partial charge in [-0.15, -0.1) is 10.2 Å². The van der Waals surface area contributed by atoms with E-state index in [0.717, 1.165) is 5.56 Å². The van der Waals surface area contributed by atoms with Crippen LogP contribution in [0.3, 0.4) is 0 Å². The number of hydrogen-bond acceptors (Lipinski definition) is 5. The highest BCUT2D eigenvalue weighted by Crippen LogP contribution is 2.29. The van der Waals surface area contributed by atoms with Crippen LogP contribution in [0, 0.1) is 0 Å². The monoisotopic (exact) mass is 305 g/mol. The molecule has 0 saturated carbocycles. The molecule has 0 radical (unpaired) electrons. The molecule has 0 saturated heterocycles. The molecule has 0 bridgehead atoms. The molecule has 23 heavy (non-hydrogen) atoms. The van der Waals surface area contributed by atoms with Gasteiger partial charge in [0.25, 0.3) is 11.8 Å². The summed E-state index contributed by atoms with van der Waals surface area (Å²) in [7, 11) is 1.68. The van der Waals surface area contributed by atoms with E-state index < -0.39 is 0 Å². The SMILES string of the molecule is Cn1nnc(-c2ccc(N3C(=O)c4ccccc4C3=O)cc2)n1. The highest BCUT2D eigenvalue weighted by Gasteiger charge is 2.36. The third kappa shape index (κ3) is 2.02. The highest BCUT2D eigenvalue weighted by molar-refractivity contribution is 6.34. The lowest BCUT2D eigenvalue weighted by Gasteiger charge is -2.13. The van der Waals surface area contributed by atoms with Crippen molar-refractivity contribution in [2.75, 3.05) is 4.90 Å². The van der Waals surface area contributed by atoms with Crippen molar-refractivity contribution in [2.45, 2.75) is 0 Å². The van der Waals surface area contributed by atoms with E-state index in [-0.39, 0.29) is 11.8 Å². The molecule has 0 aliphatic carbocycles. The quantitative estimate of drug-likeness (QED) is 0.673. The largest absolute Gasteiger partial charge is 0.268 e. The van der Waals surface area contributed by atoms with Gasteiger partial charge in [-0.2, -0.15) is 4.80 Å². The van der Waals surface area contributed by atoms with Crippen molar-refractivity contribution in [1.29, 1.82) is 0 Å². The molecule has 1 aliphatic rings. The maximum Gasteiger partial charge on any atom is 0.266 e. The minimum atomic E-state index is -0.309. The van der Waals surface area contributed by atoms with Crippen LogP contribution in [0.25, 0.3) is 11.4 Å². The second kappa shape index (κ2) is 4.84. The van der Waals surface area contributed by atoms with Crippen LogP contribution in [0.5, 0.6) is 0 Å². The maximum atomic E-state index is 12.4. The Morgan fingerprint density at radius 3 is 2.00 bits per heavy atom. The number of aryl methyl sites for hydroxylation is 1. The van der Waals surface area contributed by atoms with Gasteiger partial charge in [-0.05, 0) is 41.6 Å². The van der Waals surface area contributed by atoms with Gasteiger partial charge in [-0.1, -0.05) is 12.1 Å². The summed E-state index contributed by atoms with van der Waals surface area (Å²) >= 11 is 0. The van der Waals surface area contributed by atoms with E-state index in [1.807, 2.05) is 0 Å². The summed E-state index contributed by atoms with van der Waals surface area (Å²) in [6.07, 6.45) is 0. The van der Waals surface area contributed by atoms with E-state index in [0.29, 0.717) is 22.6 Å². The van der Waals surface area contributed by atoms with Gasteiger partial charge < -0.3 is 0 Å². The van der Waals surface area contributed by atoms with Crippen LogP contribution in [-0.4, -0.2) is 32.0 Å². The molecule has 7 nitrogen and oxygen atoms in total. The molecule has 0 unspecified atom stereocenters. The Morgan fingerprint density at radius 2 is 1.48 bits per heavy atom. The molecule has 3 aromatic rings. The Morgan fingerprint density at radius 1 is 0.870 bits per heavy atom. The second-order valence-corrected chi connectivity index (χ2v) is 5.14. The van der Waals surface area contributed by atoms with Crippen LogP contribution >= 0.6 is 0 Å². The predicted molar refractivity (Wildman–Crippen MR) is 81.8 cm³/mol. The standard InChI is InChI=1S/C16H11N5O2/c1-20-18-14(17-19-20)10-6-8-11(9-7-10)21-15(22)12-4-2-3-5-13(12)16(21)23/h2-9H,1H3. The number of amides is 2. The van der Waals surface area contributed by atoms with Crippen molar-refractivity contribution in [3.8, 4) is 11.4 Å². The first kappa shape index (κ1) is 13.3. The number of nitrogens with zero attached hydrogens (tertiary/aromatic N) is 5. The first-order chi connectivity index (χ1) is 11.1. The van der Waals surface area contributed by atoms with E-state index in [1.165, 1.54) is 9.70 Å². The summed E-state index contributed by atoms with van der Waals surface area (Å²) < 4.78 is 0. The number of hydrogen-bond donors (Lipinski definition) is 0. The molecular weight excluding hydrogens is 294 g/mol. The molecule has 0 atom stereocenters. The summed E-state index contributed by atoms with van der Waals surface area (Å²) in [4.78, 5) is 27.4. The number of imide groups is 1. The van der Waals surface area contributed by atoms with Crippen molar-refractivity contribution in [2.24, 2.45) is 7.05 Å². The molecule has 4 rings (SSSR count). The Balaban J connectivity index is 1.70. The number of carbonyl (C=O) groups excluding carboxylic acids is 2. The number of anilines is 1. The molecule has 1 aliphatic heterocycles. The minimum Gasteiger partial charge on any atom is -0.268 e. The normalized spacial score (nSPS) is 13.5. The number of rotatable bonds is 2. The van der Waals surface area contributed by atoms with Crippen molar-refractivity contribution in [3.05, 3.63) is 59.7 Å². The fourth-order valence-corrected chi connectivity index (χ4v) is 2.58. The van der Waals surface area contributed by atoms with Crippen LogP contribution in [0.4, 0.5) is 5.69 Å². The lowest BCUT2D eigenvalue weighted by atomic mass is 10.1. The lowest BCUT2D eigenvalue weighted by Crippen LogP contribution is -2.29. The first-order valence-corrected chi connectivity index (χ1v) is 6.97. The maximum absolute atomic E-state index is 12.4. The van der Waals surface area contributed by atoms with Crippen molar-refractivity contribution in [3.63, 3.8) is 0 Å². The van der Waals surface area contributed by atoms with E-state index in [1.54, 1.807) is 55.6 Å². The van der Waals surface area contributed by atoms with Crippen molar-refractivity contribution >= 4 is 17.5 Å². The first-order valence-electron chi connectivity index (χ1n) is 6.97. The Hall–Kier alpha value is -3.35. The summed E-state index contributed by atoms with van der Waals surface area (Å²) in [6.45, 7) is 0. The van der Waals surface area contributed by atoms with Crippen LogP contribution in [-0.2, 0) is 7.05 Å². The Labute approximate surface area is 131 Å². The van der Waals surface area contributed by atoms with Gasteiger partial charge in [-0.3, -0.25) is 9.59 Å². The molecular formula is C16H11N5O2. The molecule has 2 amide bonds. The Bertz CT molecular complexity index is 895. The zero-order valence-electron chi connectivity index (χ0n) is 12.2. The summed E-state index contributed by atoms with van der Waals surface area (Å²) in [5.41, 5.74) is 2.14. The van der Waals surface area contributed by atoms with Crippen LogP contribution in [0.15, 0.2) is 48.5 Å². The predicted octanol–water partition coefficient (Wildman–Crippen LogP) is 1.68. The van der Waals surface area contributed by atoms with Crippen LogP contribution in [0.2, 0.25) is 0 Å². The van der Waals surface area contributed by atoms with Gasteiger partial charge in [-0.25, -0.2) is 4.90 Å². The van der Waals surface area contributed by atoms with Gasteiger partial charge in [0.05, 0.1) is 23.9 Å². The average molecular weight is 305 g/mol. The molecule has 0 spiro atoms. The molecule has 2 aromatic carbocycles. The third-order valence-electron chi connectivity index (χ3n) is 3.69. The lowest BCUT2D eigenvalue weighted by molar-refractivity contribution is 0.0926. The summed E-state index contributed by atoms with van der Waals surface area (Å²) in [6, 6.07) is 13.7. The topological polar surface area (TPSA) is 81.0 Å². The molecule has 0 fully saturated rings. The average Bonchev–Trinajstić information content (AvgIpc) is 3.11. The van der Waals surface area contributed by atoms with Crippen molar-refractivity contribution < 1.29 is 9.59 Å². The van der Waals surface area contributed by atoms with Crippen LogP contribution in [0.1, 0.15) is 20.7 Å². The van der Waals surface area contributed by atoms with Crippen LogP contribution < -0.4 is 4.90 Å². The zero-order chi connectivity index (χ0) is 16.0. The fraction of sp³-hybridized carbons (Fsp3) is 0.0625. The van der Waals surface area contributed by atoms with Gasteiger partial charge in [0.1, 0.15) is 0 Å². The zero-order valence-corrected chi connectivity index (χ0v) is 12.2.